The Morgan fingerprint density at radius 3 is 1.41 bits per heavy atom. The van der Waals surface area contributed by atoms with E-state index in [1.807, 2.05) is 0 Å². The molecule has 0 saturated heterocycles. The molecular formula is C55H41N3. The lowest BCUT2D eigenvalue weighted by Gasteiger charge is -2.29. The third-order valence-corrected chi connectivity index (χ3v) is 11.9. The highest BCUT2D eigenvalue weighted by atomic mass is 15.2. The summed E-state index contributed by atoms with van der Waals surface area (Å²) in [5, 5.41) is 10.0. The number of para-hydroxylation sites is 2. The molecule has 0 amide bonds. The fraction of sp³-hybridized carbons (Fsp3) is 0.0545. The molecule has 0 spiro atoms. The highest BCUT2D eigenvalue weighted by Gasteiger charge is 2.21. The standard InChI is InChI=1S/C55H41N3/c1-36-15-25-42(26-16-36)56(45-9-8-10-46(35-45)58-51-13-6-4-11-48(51)49-12-5-7-14-52(49)58)47-33-40-22-21-39-24-32-53(50-31-23-41(34-47)54(40)55(39)50)57(43-27-17-37(2)18-28-43)44-29-19-38(3)20-30-44/h4-35H,1-3H3. The van der Waals surface area contributed by atoms with E-state index in [9.17, 15) is 0 Å². The van der Waals surface area contributed by atoms with Crippen molar-refractivity contribution in [1.82, 2.24) is 4.57 Å². The number of hydrogen-bond donors (Lipinski definition) is 0. The van der Waals surface area contributed by atoms with Gasteiger partial charge in [0.25, 0.3) is 0 Å². The summed E-state index contributed by atoms with van der Waals surface area (Å²) in [6, 6.07) is 71.6. The lowest BCUT2D eigenvalue weighted by atomic mass is 9.92. The normalized spacial score (nSPS) is 11.7. The van der Waals surface area contributed by atoms with Crippen molar-refractivity contribution in [2.45, 2.75) is 20.8 Å². The molecule has 58 heavy (non-hydrogen) atoms. The zero-order valence-electron chi connectivity index (χ0n) is 32.8. The average Bonchev–Trinajstić information content (AvgIpc) is 3.60. The van der Waals surface area contributed by atoms with E-state index >= 15 is 0 Å². The van der Waals surface area contributed by atoms with E-state index in [1.165, 1.54) is 76.5 Å². The highest BCUT2D eigenvalue weighted by Crippen LogP contribution is 2.46. The molecule has 0 fully saturated rings. The zero-order valence-corrected chi connectivity index (χ0v) is 32.8. The van der Waals surface area contributed by atoms with Gasteiger partial charge >= 0.3 is 0 Å². The topological polar surface area (TPSA) is 11.4 Å². The molecular weight excluding hydrogens is 703 g/mol. The van der Waals surface area contributed by atoms with Crippen LogP contribution in [0.25, 0.3) is 59.8 Å². The van der Waals surface area contributed by atoms with Gasteiger partial charge < -0.3 is 14.4 Å². The van der Waals surface area contributed by atoms with Gasteiger partial charge in [-0.25, -0.2) is 0 Å². The van der Waals surface area contributed by atoms with E-state index in [0.29, 0.717) is 0 Å². The molecule has 0 atom stereocenters. The van der Waals surface area contributed by atoms with Crippen molar-refractivity contribution in [3.05, 3.63) is 211 Å². The quantitative estimate of drug-likeness (QED) is 0.151. The van der Waals surface area contributed by atoms with Gasteiger partial charge in [0.2, 0.25) is 0 Å². The summed E-state index contributed by atoms with van der Waals surface area (Å²) in [5.74, 6) is 0. The molecule has 276 valence electrons. The van der Waals surface area contributed by atoms with E-state index in [4.69, 9.17) is 0 Å². The van der Waals surface area contributed by atoms with Crippen LogP contribution in [0.5, 0.6) is 0 Å². The summed E-state index contributed by atoms with van der Waals surface area (Å²) in [6.07, 6.45) is 0. The summed E-state index contributed by atoms with van der Waals surface area (Å²) in [6.45, 7) is 6.44. The fourth-order valence-electron chi connectivity index (χ4n) is 9.04. The number of anilines is 6. The molecule has 0 unspecified atom stereocenters. The molecule has 11 aromatic rings. The first-order chi connectivity index (χ1) is 28.5. The number of aryl methyl sites for hydroxylation is 3. The molecule has 3 heteroatoms. The van der Waals surface area contributed by atoms with Crippen LogP contribution in [0.4, 0.5) is 34.1 Å². The number of fused-ring (bicyclic) bond motifs is 3. The maximum Gasteiger partial charge on any atom is 0.0541 e. The van der Waals surface area contributed by atoms with E-state index in [1.54, 1.807) is 0 Å². The van der Waals surface area contributed by atoms with Crippen molar-refractivity contribution < 1.29 is 0 Å². The third-order valence-electron chi connectivity index (χ3n) is 11.9. The van der Waals surface area contributed by atoms with Crippen LogP contribution in [-0.2, 0) is 0 Å². The number of hydrogen-bond acceptors (Lipinski definition) is 2. The summed E-state index contributed by atoms with van der Waals surface area (Å²) in [4.78, 5) is 4.81. The van der Waals surface area contributed by atoms with Crippen LogP contribution in [0, 0.1) is 20.8 Å². The van der Waals surface area contributed by atoms with Crippen LogP contribution in [0.3, 0.4) is 0 Å². The summed E-state index contributed by atoms with van der Waals surface area (Å²) in [5.41, 5.74) is 14.1. The molecule has 10 aromatic carbocycles. The predicted octanol–water partition coefficient (Wildman–Crippen LogP) is 15.5. The Hall–Kier alpha value is -7.36. The van der Waals surface area contributed by atoms with Gasteiger partial charge in [0.05, 0.1) is 16.7 Å². The first-order valence-corrected chi connectivity index (χ1v) is 20.1. The smallest absolute Gasteiger partial charge is 0.0541 e. The van der Waals surface area contributed by atoms with Crippen molar-refractivity contribution in [1.29, 1.82) is 0 Å². The Balaban J connectivity index is 1.10. The lowest BCUT2D eigenvalue weighted by Crippen LogP contribution is -2.11. The molecule has 3 nitrogen and oxygen atoms in total. The monoisotopic (exact) mass is 743 g/mol. The summed E-state index contributed by atoms with van der Waals surface area (Å²) < 4.78 is 2.40. The Morgan fingerprint density at radius 1 is 0.328 bits per heavy atom. The second-order valence-corrected chi connectivity index (χ2v) is 15.7. The second-order valence-electron chi connectivity index (χ2n) is 15.7. The van der Waals surface area contributed by atoms with Crippen molar-refractivity contribution in [2.24, 2.45) is 0 Å². The lowest BCUT2D eigenvalue weighted by molar-refractivity contribution is 1.17. The van der Waals surface area contributed by atoms with Gasteiger partial charge in [-0.15, -0.1) is 0 Å². The molecule has 0 N–H and O–H groups in total. The van der Waals surface area contributed by atoms with Gasteiger partial charge in [0, 0.05) is 50.3 Å². The molecule has 0 aliphatic rings. The number of rotatable bonds is 7. The second kappa shape index (κ2) is 13.4. The van der Waals surface area contributed by atoms with Crippen LogP contribution in [0.2, 0.25) is 0 Å². The minimum Gasteiger partial charge on any atom is -0.310 e. The molecule has 11 rings (SSSR count). The van der Waals surface area contributed by atoms with Crippen molar-refractivity contribution in [2.75, 3.05) is 9.80 Å². The van der Waals surface area contributed by atoms with E-state index in [-0.39, 0.29) is 0 Å². The van der Waals surface area contributed by atoms with Crippen LogP contribution < -0.4 is 9.80 Å². The van der Waals surface area contributed by atoms with Gasteiger partial charge in [0.15, 0.2) is 0 Å². The molecule has 0 saturated carbocycles. The Labute approximate surface area is 338 Å². The van der Waals surface area contributed by atoms with E-state index in [0.717, 1.165) is 34.1 Å². The molecule has 0 bridgehead atoms. The minimum atomic E-state index is 1.10. The molecule has 1 aromatic heterocycles. The number of aromatic nitrogens is 1. The maximum atomic E-state index is 2.41. The molecule has 0 aliphatic carbocycles. The van der Waals surface area contributed by atoms with Crippen molar-refractivity contribution >= 4 is 88.2 Å². The van der Waals surface area contributed by atoms with Crippen molar-refractivity contribution in [3.63, 3.8) is 0 Å². The van der Waals surface area contributed by atoms with E-state index < -0.39 is 0 Å². The van der Waals surface area contributed by atoms with Crippen molar-refractivity contribution in [3.8, 4) is 5.69 Å². The molecule has 0 radical (unpaired) electrons. The summed E-state index contributed by atoms with van der Waals surface area (Å²) >= 11 is 0. The van der Waals surface area contributed by atoms with E-state index in [2.05, 4.69) is 229 Å². The minimum absolute atomic E-state index is 1.10. The maximum absolute atomic E-state index is 2.41. The average molecular weight is 744 g/mol. The van der Waals surface area contributed by atoms with Gasteiger partial charge in [-0.2, -0.15) is 0 Å². The van der Waals surface area contributed by atoms with Crippen LogP contribution in [0.15, 0.2) is 194 Å². The fourth-order valence-corrected chi connectivity index (χ4v) is 9.04. The van der Waals surface area contributed by atoms with Gasteiger partial charge in [0.1, 0.15) is 0 Å². The van der Waals surface area contributed by atoms with Crippen LogP contribution in [0.1, 0.15) is 16.7 Å². The molecule has 1 heterocycles. The Bertz CT molecular complexity index is 3180. The highest BCUT2D eigenvalue weighted by molar-refractivity contribution is 6.26. The first-order valence-electron chi connectivity index (χ1n) is 20.1. The number of benzene rings is 10. The SMILES string of the molecule is Cc1ccc(N(c2cccc(-n3c4ccccc4c4ccccc43)c2)c2cc3ccc4ccc(N(c5ccc(C)cc5)c5ccc(C)cc5)c5ccc(c2)c3c45)cc1. The van der Waals surface area contributed by atoms with Gasteiger partial charge in [-0.05, 0) is 133 Å². The third kappa shape index (κ3) is 5.50. The number of nitrogens with zero attached hydrogens (tertiary/aromatic N) is 3. The predicted molar refractivity (Wildman–Crippen MR) is 248 cm³/mol. The van der Waals surface area contributed by atoms with Crippen LogP contribution in [-0.4, -0.2) is 4.57 Å². The zero-order chi connectivity index (χ0) is 38.9. The van der Waals surface area contributed by atoms with Crippen LogP contribution >= 0.6 is 0 Å². The largest absolute Gasteiger partial charge is 0.310 e. The summed E-state index contributed by atoms with van der Waals surface area (Å²) in [7, 11) is 0. The Kier molecular flexibility index (Phi) is 7.84. The first kappa shape index (κ1) is 33.9. The van der Waals surface area contributed by atoms with Gasteiger partial charge in [-0.1, -0.05) is 126 Å². The molecule has 0 aliphatic heterocycles. The Morgan fingerprint density at radius 2 is 0.828 bits per heavy atom. The van der Waals surface area contributed by atoms with Gasteiger partial charge in [-0.3, -0.25) is 0 Å².